The number of carbonyl (C=O) groups excluding carboxylic acids is 1. The van der Waals surface area contributed by atoms with Gasteiger partial charge in [0.1, 0.15) is 5.75 Å². The smallest absolute Gasteiger partial charge is 0.258 e. The third-order valence-corrected chi connectivity index (χ3v) is 2.81. The predicted molar refractivity (Wildman–Crippen MR) is 73.8 cm³/mol. The van der Waals surface area contributed by atoms with E-state index in [9.17, 15) is 4.79 Å². The van der Waals surface area contributed by atoms with Crippen LogP contribution in [0.2, 0.25) is 0 Å². The lowest BCUT2D eigenvalue weighted by atomic mass is 10.2. The molecule has 1 amide bonds. The molecule has 1 aromatic carbocycles. The Morgan fingerprint density at radius 2 is 2.17 bits per heavy atom. The maximum atomic E-state index is 11.6. The number of amides is 1. The summed E-state index contributed by atoms with van der Waals surface area (Å²) in [6, 6.07) is 8.07. The first-order chi connectivity index (χ1) is 8.65. The second kappa shape index (κ2) is 7.75. The van der Waals surface area contributed by atoms with E-state index < -0.39 is 0 Å². The van der Waals surface area contributed by atoms with Crippen LogP contribution >= 0.6 is 0 Å². The molecular weight excluding hydrogens is 226 g/mol. The van der Waals surface area contributed by atoms with Crippen molar-refractivity contribution in [3.8, 4) is 5.75 Å². The maximum Gasteiger partial charge on any atom is 0.258 e. The third-order valence-electron chi connectivity index (χ3n) is 2.81. The van der Waals surface area contributed by atoms with Gasteiger partial charge in [0.15, 0.2) is 6.61 Å². The van der Waals surface area contributed by atoms with Gasteiger partial charge in [0, 0.05) is 6.04 Å². The molecule has 0 aliphatic carbocycles. The van der Waals surface area contributed by atoms with E-state index >= 15 is 0 Å². The van der Waals surface area contributed by atoms with E-state index in [4.69, 9.17) is 4.74 Å². The summed E-state index contributed by atoms with van der Waals surface area (Å²) in [5, 5.41) is 2.92. The molecule has 0 saturated heterocycles. The van der Waals surface area contributed by atoms with Gasteiger partial charge in [-0.25, -0.2) is 0 Å². The van der Waals surface area contributed by atoms with Crippen molar-refractivity contribution in [3.63, 3.8) is 0 Å². The van der Waals surface area contributed by atoms with Gasteiger partial charge in [-0.2, -0.15) is 0 Å². The normalized spacial score (nSPS) is 11.9. The largest absolute Gasteiger partial charge is 0.484 e. The maximum absolute atomic E-state index is 11.6. The molecule has 1 aromatic rings. The number of benzene rings is 1. The fraction of sp³-hybridized carbons (Fsp3) is 0.533. The van der Waals surface area contributed by atoms with Gasteiger partial charge in [0.25, 0.3) is 5.91 Å². The summed E-state index contributed by atoms with van der Waals surface area (Å²) >= 11 is 0. The number of carbonyl (C=O) groups is 1. The summed E-state index contributed by atoms with van der Waals surface area (Å²) in [7, 11) is 0. The van der Waals surface area contributed by atoms with Crippen molar-refractivity contribution < 1.29 is 9.53 Å². The van der Waals surface area contributed by atoms with Crippen molar-refractivity contribution in [2.75, 3.05) is 6.61 Å². The lowest BCUT2D eigenvalue weighted by Gasteiger charge is -2.13. The Kier molecular flexibility index (Phi) is 6.26. The Bertz CT molecular complexity index is 377. The van der Waals surface area contributed by atoms with Crippen LogP contribution in [0.4, 0.5) is 0 Å². The average Bonchev–Trinajstić information content (AvgIpc) is 2.37. The van der Waals surface area contributed by atoms with E-state index in [1.807, 2.05) is 25.1 Å². The Labute approximate surface area is 110 Å². The van der Waals surface area contributed by atoms with Crippen LogP contribution in [-0.4, -0.2) is 18.6 Å². The Hall–Kier alpha value is -1.51. The molecule has 0 spiro atoms. The van der Waals surface area contributed by atoms with Crippen molar-refractivity contribution in [1.82, 2.24) is 5.32 Å². The molecule has 1 rings (SSSR count). The second-order valence-corrected chi connectivity index (χ2v) is 4.55. The monoisotopic (exact) mass is 249 g/mol. The Balaban J connectivity index is 2.37. The molecular formula is C15H23NO2. The Morgan fingerprint density at radius 1 is 1.39 bits per heavy atom. The van der Waals surface area contributed by atoms with E-state index in [0.29, 0.717) is 0 Å². The van der Waals surface area contributed by atoms with Crippen LogP contribution in [0.3, 0.4) is 0 Å². The standard InChI is InChI=1S/C15H23NO2/c1-4-7-12(3)16-15(17)11-18-14-9-6-8-13(5-2)10-14/h6,8-10,12H,4-5,7,11H2,1-3H3,(H,16,17). The molecule has 0 aliphatic heterocycles. The molecule has 1 N–H and O–H groups in total. The number of hydrogen-bond donors (Lipinski definition) is 1. The summed E-state index contributed by atoms with van der Waals surface area (Å²) in [5.41, 5.74) is 1.22. The van der Waals surface area contributed by atoms with Crippen molar-refractivity contribution in [3.05, 3.63) is 29.8 Å². The van der Waals surface area contributed by atoms with Crippen LogP contribution in [0, 0.1) is 0 Å². The lowest BCUT2D eigenvalue weighted by molar-refractivity contribution is -0.123. The van der Waals surface area contributed by atoms with Crippen LogP contribution in [-0.2, 0) is 11.2 Å². The van der Waals surface area contributed by atoms with Gasteiger partial charge in [-0.1, -0.05) is 32.4 Å². The number of hydrogen-bond acceptors (Lipinski definition) is 2. The molecule has 3 heteroatoms. The first-order valence-electron chi connectivity index (χ1n) is 6.66. The van der Waals surface area contributed by atoms with Gasteiger partial charge in [-0.3, -0.25) is 4.79 Å². The zero-order chi connectivity index (χ0) is 13.4. The van der Waals surface area contributed by atoms with Gasteiger partial charge in [0.05, 0.1) is 0 Å². The first-order valence-corrected chi connectivity index (χ1v) is 6.66. The van der Waals surface area contributed by atoms with Gasteiger partial charge < -0.3 is 10.1 Å². The van der Waals surface area contributed by atoms with Crippen molar-refractivity contribution in [2.24, 2.45) is 0 Å². The topological polar surface area (TPSA) is 38.3 Å². The molecule has 0 saturated carbocycles. The van der Waals surface area contributed by atoms with E-state index in [1.54, 1.807) is 0 Å². The molecule has 0 radical (unpaired) electrons. The predicted octanol–water partition coefficient (Wildman–Crippen LogP) is 2.93. The zero-order valence-corrected chi connectivity index (χ0v) is 11.5. The highest BCUT2D eigenvalue weighted by molar-refractivity contribution is 5.77. The molecule has 0 heterocycles. The van der Waals surface area contributed by atoms with Gasteiger partial charge in [-0.15, -0.1) is 0 Å². The summed E-state index contributed by atoms with van der Waals surface area (Å²) in [5.74, 6) is 0.700. The molecule has 1 atom stereocenters. The van der Waals surface area contributed by atoms with Crippen molar-refractivity contribution in [2.45, 2.75) is 46.1 Å². The SMILES string of the molecule is CCCC(C)NC(=O)COc1cccc(CC)c1. The molecule has 1 unspecified atom stereocenters. The second-order valence-electron chi connectivity index (χ2n) is 4.55. The summed E-state index contributed by atoms with van der Waals surface area (Å²) < 4.78 is 5.48. The molecule has 0 fully saturated rings. The minimum absolute atomic E-state index is 0.0575. The first kappa shape index (κ1) is 14.6. The number of aryl methyl sites for hydroxylation is 1. The quantitative estimate of drug-likeness (QED) is 0.807. The van der Waals surface area contributed by atoms with E-state index in [0.717, 1.165) is 25.0 Å². The minimum atomic E-state index is -0.0575. The van der Waals surface area contributed by atoms with Crippen LogP contribution < -0.4 is 10.1 Å². The molecule has 3 nitrogen and oxygen atoms in total. The van der Waals surface area contributed by atoms with Crippen LogP contribution in [0.25, 0.3) is 0 Å². The highest BCUT2D eigenvalue weighted by Gasteiger charge is 2.07. The molecule has 100 valence electrons. The van der Waals surface area contributed by atoms with Crippen LogP contribution in [0.15, 0.2) is 24.3 Å². The van der Waals surface area contributed by atoms with E-state index in [-0.39, 0.29) is 18.6 Å². The van der Waals surface area contributed by atoms with Gasteiger partial charge in [-0.05, 0) is 37.5 Å². The molecule has 0 bridgehead atoms. The summed E-state index contributed by atoms with van der Waals surface area (Å²) in [6.07, 6.45) is 3.04. The van der Waals surface area contributed by atoms with Crippen molar-refractivity contribution in [1.29, 1.82) is 0 Å². The summed E-state index contributed by atoms with van der Waals surface area (Å²) in [6.45, 7) is 6.30. The van der Waals surface area contributed by atoms with Crippen LogP contribution in [0.1, 0.15) is 39.2 Å². The zero-order valence-electron chi connectivity index (χ0n) is 11.5. The summed E-state index contributed by atoms with van der Waals surface area (Å²) in [4.78, 5) is 11.6. The number of nitrogens with one attached hydrogen (secondary N) is 1. The van der Waals surface area contributed by atoms with Gasteiger partial charge in [0.2, 0.25) is 0 Å². The molecule has 0 aliphatic rings. The van der Waals surface area contributed by atoms with E-state index in [2.05, 4.69) is 25.2 Å². The van der Waals surface area contributed by atoms with Crippen molar-refractivity contribution >= 4 is 5.91 Å². The fourth-order valence-electron chi connectivity index (χ4n) is 1.83. The Morgan fingerprint density at radius 3 is 2.83 bits per heavy atom. The fourth-order valence-corrected chi connectivity index (χ4v) is 1.83. The minimum Gasteiger partial charge on any atom is -0.484 e. The average molecular weight is 249 g/mol. The van der Waals surface area contributed by atoms with E-state index in [1.165, 1.54) is 5.56 Å². The lowest BCUT2D eigenvalue weighted by Crippen LogP contribution is -2.35. The highest BCUT2D eigenvalue weighted by atomic mass is 16.5. The molecule has 18 heavy (non-hydrogen) atoms. The number of rotatable bonds is 7. The highest BCUT2D eigenvalue weighted by Crippen LogP contribution is 2.13. The number of ether oxygens (including phenoxy) is 1. The van der Waals surface area contributed by atoms with Gasteiger partial charge >= 0.3 is 0 Å². The molecule has 0 aromatic heterocycles. The third kappa shape index (κ3) is 5.21. The van der Waals surface area contributed by atoms with Crippen LogP contribution in [0.5, 0.6) is 5.75 Å².